The first kappa shape index (κ1) is 18.2. The van der Waals surface area contributed by atoms with Gasteiger partial charge >= 0.3 is 12.1 Å². The number of nitrogens with zero attached hydrogens (tertiary/aromatic N) is 2. The average molecular weight is 340 g/mol. The molecule has 1 unspecified atom stereocenters. The fourth-order valence-electron chi connectivity index (χ4n) is 3.19. The van der Waals surface area contributed by atoms with Gasteiger partial charge in [0.05, 0.1) is 5.92 Å². The first-order chi connectivity index (χ1) is 11.1. The van der Waals surface area contributed by atoms with Crippen LogP contribution in [0.2, 0.25) is 0 Å². The fourth-order valence-corrected chi connectivity index (χ4v) is 3.19. The van der Waals surface area contributed by atoms with Crippen LogP contribution in [-0.2, 0) is 19.1 Å². The van der Waals surface area contributed by atoms with Gasteiger partial charge in [0.15, 0.2) is 0 Å². The summed E-state index contributed by atoms with van der Waals surface area (Å²) in [6, 6.07) is 0. The maximum Gasteiger partial charge on any atom is 0.410 e. The van der Waals surface area contributed by atoms with E-state index in [0.29, 0.717) is 25.9 Å². The third-order valence-corrected chi connectivity index (χ3v) is 4.33. The first-order valence-electron chi connectivity index (χ1n) is 8.12. The van der Waals surface area contributed by atoms with Gasteiger partial charge in [0.25, 0.3) is 0 Å². The lowest BCUT2D eigenvalue weighted by Crippen LogP contribution is -2.44. The van der Waals surface area contributed by atoms with Gasteiger partial charge in [-0.3, -0.25) is 19.3 Å². The smallest absolute Gasteiger partial charge is 0.410 e. The molecule has 0 aliphatic carbocycles. The predicted octanol–water partition coefficient (Wildman–Crippen LogP) is 1.09. The highest BCUT2D eigenvalue weighted by molar-refractivity contribution is 6.05. The molecule has 8 heteroatoms. The van der Waals surface area contributed by atoms with Gasteiger partial charge in [-0.05, 0) is 39.5 Å². The lowest BCUT2D eigenvalue weighted by atomic mass is 9.83. The maximum atomic E-state index is 12.3. The number of hydrogen-bond donors (Lipinski definition) is 1. The van der Waals surface area contributed by atoms with Gasteiger partial charge in [0.2, 0.25) is 11.8 Å². The molecule has 1 N–H and O–H groups in total. The van der Waals surface area contributed by atoms with E-state index in [0.717, 1.165) is 4.90 Å². The Hall–Kier alpha value is -2.12. The van der Waals surface area contributed by atoms with Crippen molar-refractivity contribution in [1.29, 1.82) is 0 Å². The van der Waals surface area contributed by atoms with E-state index in [4.69, 9.17) is 9.84 Å². The number of carboxylic acid groups (broad SMARTS) is 1. The molecule has 2 aliphatic rings. The highest BCUT2D eigenvalue weighted by atomic mass is 16.6. The minimum Gasteiger partial charge on any atom is -0.480 e. The van der Waals surface area contributed by atoms with Crippen molar-refractivity contribution < 1.29 is 29.0 Å². The van der Waals surface area contributed by atoms with Crippen LogP contribution in [0.15, 0.2) is 0 Å². The largest absolute Gasteiger partial charge is 0.480 e. The van der Waals surface area contributed by atoms with Crippen LogP contribution in [0, 0.1) is 11.8 Å². The summed E-state index contributed by atoms with van der Waals surface area (Å²) < 4.78 is 5.33. The Morgan fingerprint density at radius 3 is 2.29 bits per heavy atom. The van der Waals surface area contributed by atoms with Crippen molar-refractivity contribution in [2.45, 2.75) is 45.6 Å². The average Bonchev–Trinajstić information content (AvgIpc) is 2.73. The number of carbonyl (C=O) groups excluding carboxylic acids is 3. The van der Waals surface area contributed by atoms with E-state index in [1.807, 2.05) is 0 Å². The molecule has 0 radical (unpaired) electrons. The normalized spacial score (nSPS) is 22.9. The summed E-state index contributed by atoms with van der Waals surface area (Å²) in [6.07, 6.45) is 0.888. The van der Waals surface area contributed by atoms with Crippen molar-refractivity contribution in [3.8, 4) is 0 Å². The van der Waals surface area contributed by atoms with Crippen molar-refractivity contribution in [2.24, 2.45) is 11.8 Å². The van der Waals surface area contributed by atoms with Crippen LogP contribution < -0.4 is 0 Å². The first-order valence-corrected chi connectivity index (χ1v) is 8.12. The molecule has 0 bridgehead atoms. The molecule has 2 aliphatic heterocycles. The number of ether oxygens (including phenoxy) is 1. The number of likely N-dealkylation sites (tertiary alicyclic amines) is 2. The summed E-state index contributed by atoms with van der Waals surface area (Å²) in [5, 5.41) is 8.79. The van der Waals surface area contributed by atoms with Crippen LogP contribution in [0.25, 0.3) is 0 Å². The van der Waals surface area contributed by atoms with Crippen molar-refractivity contribution in [3.63, 3.8) is 0 Å². The third-order valence-electron chi connectivity index (χ3n) is 4.33. The Bertz CT molecular complexity index is 545. The summed E-state index contributed by atoms with van der Waals surface area (Å²) in [4.78, 5) is 49.4. The molecule has 2 fully saturated rings. The van der Waals surface area contributed by atoms with Crippen LogP contribution in [0.4, 0.5) is 4.79 Å². The molecule has 0 spiro atoms. The zero-order valence-electron chi connectivity index (χ0n) is 14.3. The Morgan fingerprint density at radius 2 is 1.79 bits per heavy atom. The summed E-state index contributed by atoms with van der Waals surface area (Å²) in [5.74, 6) is -2.52. The van der Waals surface area contributed by atoms with Crippen molar-refractivity contribution >= 4 is 23.9 Å². The zero-order valence-corrected chi connectivity index (χ0v) is 14.3. The standard InChI is InChI=1S/C16H24N2O6/c1-16(2,3)24-15(23)17-6-4-10(5-7-17)11-8-12(19)18(14(11)22)9-13(20)21/h10-11H,4-9H2,1-3H3,(H,20,21). The number of aliphatic carboxylic acids is 1. The van der Waals surface area contributed by atoms with E-state index in [-0.39, 0.29) is 18.4 Å². The molecule has 1 atom stereocenters. The molecule has 2 rings (SSSR count). The molecule has 24 heavy (non-hydrogen) atoms. The van der Waals surface area contributed by atoms with Crippen LogP contribution >= 0.6 is 0 Å². The zero-order chi connectivity index (χ0) is 18.1. The quantitative estimate of drug-likeness (QED) is 0.771. The maximum absolute atomic E-state index is 12.3. The van der Waals surface area contributed by atoms with Crippen LogP contribution in [-0.4, -0.2) is 64.0 Å². The summed E-state index contributed by atoms with van der Waals surface area (Å²) >= 11 is 0. The van der Waals surface area contributed by atoms with Gasteiger partial charge in [-0.2, -0.15) is 0 Å². The molecule has 134 valence electrons. The monoisotopic (exact) mass is 340 g/mol. The fraction of sp³-hybridized carbons (Fsp3) is 0.750. The van der Waals surface area contributed by atoms with Gasteiger partial charge in [0, 0.05) is 19.5 Å². The van der Waals surface area contributed by atoms with Gasteiger partial charge in [-0.25, -0.2) is 4.79 Å². The minimum absolute atomic E-state index is 0.0149. The molecule has 3 amide bonds. The van der Waals surface area contributed by atoms with E-state index < -0.39 is 35.8 Å². The minimum atomic E-state index is -1.20. The number of piperidine rings is 1. The molecular weight excluding hydrogens is 316 g/mol. The SMILES string of the molecule is CC(C)(C)OC(=O)N1CCC(C2CC(=O)N(CC(=O)O)C2=O)CC1. The summed E-state index contributed by atoms with van der Waals surface area (Å²) in [6.45, 7) is 5.77. The van der Waals surface area contributed by atoms with Gasteiger partial charge < -0.3 is 14.7 Å². The van der Waals surface area contributed by atoms with Gasteiger partial charge in [-0.1, -0.05) is 0 Å². The van der Waals surface area contributed by atoms with E-state index in [1.54, 1.807) is 25.7 Å². The highest BCUT2D eigenvalue weighted by Gasteiger charge is 2.44. The Balaban J connectivity index is 1.91. The van der Waals surface area contributed by atoms with E-state index >= 15 is 0 Å². The Kier molecular flexibility index (Phi) is 5.15. The number of amides is 3. The summed E-state index contributed by atoms with van der Waals surface area (Å²) in [5.41, 5.74) is -0.556. The van der Waals surface area contributed by atoms with Crippen LogP contribution in [0.1, 0.15) is 40.0 Å². The molecule has 8 nitrogen and oxygen atoms in total. The topological polar surface area (TPSA) is 104 Å². The van der Waals surface area contributed by atoms with E-state index in [1.165, 1.54) is 0 Å². The number of carbonyl (C=O) groups is 4. The second kappa shape index (κ2) is 6.78. The molecule has 0 aromatic rings. The lowest BCUT2D eigenvalue weighted by molar-refractivity contribution is -0.149. The third kappa shape index (κ3) is 4.24. The lowest BCUT2D eigenvalue weighted by Gasteiger charge is -2.35. The van der Waals surface area contributed by atoms with Gasteiger partial charge in [-0.15, -0.1) is 0 Å². The molecule has 0 saturated carbocycles. The molecule has 2 heterocycles. The molecule has 0 aromatic heterocycles. The molecule has 0 aromatic carbocycles. The second-order valence-corrected chi connectivity index (χ2v) is 7.33. The molecular formula is C16H24N2O6. The number of rotatable bonds is 3. The van der Waals surface area contributed by atoms with E-state index in [9.17, 15) is 19.2 Å². The Labute approximate surface area is 140 Å². The molecule has 2 saturated heterocycles. The number of hydrogen-bond acceptors (Lipinski definition) is 5. The highest BCUT2D eigenvalue weighted by Crippen LogP contribution is 2.33. The Morgan fingerprint density at radius 1 is 1.21 bits per heavy atom. The van der Waals surface area contributed by atoms with Crippen molar-refractivity contribution in [2.75, 3.05) is 19.6 Å². The van der Waals surface area contributed by atoms with Gasteiger partial charge in [0.1, 0.15) is 12.1 Å². The second-order valence-electron chi connectivity index (χ2n) is 7.33. The van der Waals surface area contributed by atoms with Crippen LogP contribution in [0.3, 0.4) is 0 Å². The number of carboxylic acids is 1. The van der Waals surface area contributed by atoms with E-state index in [2.05, 4.69) is 0 Å². The predicted molar refractivity (Wildman–Crippen MR) is 83.0 cm³/mol. The summed E-state index contributed by atoms with van der Waals surface area (Å²) in [7, 11) is 0. The van der Waals surface area contributed by atoms with Crippen molar-refractivity contribution in [1.82, 2.24) is 9.80 Å². The van der Waals surface area contributed by atoms with Crippen molar-refractivity contribution in [3.05, 3.63) is 0 Å². The van der Waals surface area contributed by atoms with Crippen LogP contribution in [0.5, 0.6) is 0 Å². The number of imide groups is 1.